The first-order valence-corrected chi connectivity index (χ1v) is 5.37. The number of hydrogen-bond donors (Lipinski definition) is 1. The van der Waals surface area contributed by atoms with Crippen LogP contribution in [0.5, 0.6) is 0 Å². The average Bonchev–Trinajstić information content (AvgIpc) is 2.85. The quantitative estimate of drug-likeness (QED) is 0.814. The number of nitrogens with zero attached hydrogens (tertiary/aromatic N) is 3. The first kappa shape index (κ1) is 10.1. The van der Waals surface area contributed by atoms with Gasteiger partial charge >= 0.3 is 5.97 Å². The first-order valence-electron chi connectivity index (χ1n) is 5.37. The van der Waals surface area contributed by atoms with Crippen LogP contribution >= 0.6 is 0 Å². The summed E-state index contributed by atoms with van der Waals surface area (Å²) in [7, 11) is 0. The van der Waals surface area contributed by atoms with E-state index in [9.17, 15) is 4.79 Å². The predicted octanol–water partition coefficient (Wildman–Crippen LogP) is 1.41. The van der Waals surface area contributed by atoms with Crippen molar-refractivity contribution in [1.29, 1.82) is 0 Å². The molecule has 15 heavy (non-hydrogen) atoms. The van der Waals surface area contributed by atoms with Crippen LogP contribution in [0.2, 0.25) is 0 Å². The molecule has 5 nitrogen and oxygen atoms in total. The number of aromatic nitrogens is 3. The molecule has 0 spiro atoms. The van der Waals surface area contributed by atoms with Gasteiger partial charge in [-0.25, -0.2) is 0 Å². The fraction of sp³-hybridized carbons (Fsp3) is 0.700. The predicted molar refractivity (Wildman–Crippen MR) is 53.5 cm³/mol. The van der Waals surface area contributed by atoms with E-state index in [2.05, 4.69) is 14.8 Å². The highest BCUT2D eigenvalue weighted by Gasteiger charge is 2.19. The standard InChI is InChI=1S/C10H15N3O2/c14-10(15)6-5-9-12-11-7-13(9)8-3-1-2-4-8/h7-8H,1-6H2,(H,14,15). The zero-order valence-corrected chi connectivity index (χ0v) is 8.59. The van der Waals surface area contributed by atoms with Crippen molar-refractivity contribution in [3.63, 3.8) is 0 Å². The van der Waals surface area contributed by atoms with Gasteiger partial charge in [-0.2, -0.15) is 0 Å². The molecule has 0 bridgehead atoms. The Labute approximate surface area is 88.1 Å². The van der Waals surface area contributed by atoms with E-state index in [1.807, 2.05) is 0 Å². The second-order valence-corrected chi connectivity index (χ2v) is 3.99. The second-order valence-electron chi connectivity index (χ2n) is 3.99. The summed E-state index contributed by atoms with van der Waals surface area (Å²) in [5, 5.41) is 16.5. The highest BCUT2D eigenvalue weighted by Crippen LogP contribution is 2.29. The largest absolute Gasteiger partial charge is 0.481 e. The molecule has 1 saturated carbocycles. The number of carbonyl (C=O) groups is 1. The van der Waals surface area contributed by atoms with Gasteiger partial charge in [0.05, 0.1) is 6.42 Å². The highest BCUT2D eigenvalue weighted by molar-refractivity contribution is 5.66. The Morgan fingerprint density at radius 1 is 1.53 bits per heavy atom. The molecule has 1 fully saturated rings. The van der Waals surface area contributed by atoms with Crippen molar-refractivity contribution in [2.75, 3.05) is 0 Å². The maximum atomic E-state index is 10.5. The van der Waals surface area contributed by atoms with Crippen molar-refractivity contribution in [2.45, 2.75) is 44.6 Å². The third-order valence-corrected chi connectivity index (χ3v) is 2.93. The molecule has 0 saturated heterocycles. The molecule has 0 amide bonds. The van der Waals surface area contributed by atoms with Crippen LogP contribution in [0.4, 0.5) is 0 Å². The van der Waals surface area contributed by atoms with Gasteiger partial charge in [-0.3, -0.25) is 4.79 Å². The third kappa shape index (κ3) is 2.34. The zero-order valence-electron chi connectivity index (χ0n) is 8.59. The van der Waals surface area contributed by atoms with Crippen molar-refractivity contribution < 1.29 is 9.90 Å². The molecular formula is C10H15N3O2. The lowest BCUT2D eigenvalue weighted by atomic mass is 10.2. The summed E-state index contributed by atoms with van der Waals surface area (Å²) in [6, 6.07) is 0.490. The minimum atomic E-state index is -0.782. The lowest BCUT2D eigenvalue weighted by Crippen LogP contribution is -2.10. The summed E-state index contributed by atoms with van der Waals surface area (Å²) in [5.41, 5.74) is 0. The Hall–Kier alpha value is -1.39. The molecule has 2 rings (SSSR count). The number of carboxylic acids is 1. The monoisotopic (exact) mass is 209 g/mol. The maximum Gasteiger partial charge on any atom is 0.303 e. The van der Waals surface area contributed by atoms with Crippen LogP contribution in [-0.4, -0.2) is 25.8 Å². The molecule has 0 radical (unpaired) electrons. The normalized spacial score (nSPS) is 17.1. The van der Waals surface area contributed by atoms with Crippen LogP contribution in [0, 0.1) is 0 Å². The van der Waals surface area contributed by atoms with Gasteiger partial charge in [-0.05, 0) is 12.8 Å². The van der Waals surface area contributed by atoms with Gasteiger partial charge in [0.2, 0.25) is 0 Å². The Morgan fingerprint density at radius 3 is 2.93 bits per heavy atom. The lowest BCUT2D eigenvalue weighted by Gasteiger charge is -2.12. The first-order chi connectivity index (χ1) is 7.27. The summed E-state index contributed by atoms with van der Waals surface area (Å²) in [4.78, 5) is 10.5. The Kier molecular flexibility index (Phi) is 2.99. The minimum Gasteiger partial charge on any atom is -0.481 e. The van der Waals surface area contributed by atoms with Crippen molar-refractivity contribution in [3.05, 3.63) is 12.2 Å². The summed E-state index contributed by atoms with van der Waals surface area (Å²) in [6.45, 7) is 0. The van der Waals surface area contributed by atoms with E-state index in [0.717, 1.165) is 18.7 Å². The van der Waals surface area contributed by atoms with Crippen LogP contribution in [0.1, 0.15) is 44.0 Å². The molecule has 1 aromatic rings. The van der Waals surface area contributed by atoms with Gasteiger partial charge < -0.3 is 9.67 Å². The maximum absolute atomic E-state index is 10.5. The van der Waals surface area contributed by atoms with Crippen LogP contribution in [0.25, 0.3) is 0 Å². The molecule has 1 aliphatic rings. The zero-order chi connectivity index (χ0) is 10.7. The van der Waals surface area contributed by atoms with Crippen molar-refractivity contribution in [3.8, 4) is 0 Å². The van der Waals surface area contributed by atoms with Crippen LogP contribution in [-0.2, 0) is 11.2 Å². The van der Waals surface area contributed by atoms with Gasteiger partial charge in [0.15, 0.2) is 0 Å². The van der Waals surface area contributed by atoms with E-state index in [-0.39, 0.29) is 6.42 Å². The molecule has 0 aliphatic heterocycles. The molecule has 1 heterocycles. The average molecular weight is 209 g/mol. The SMILES string of the molecule is O=C(O)CCc1nncn1C1CCCC1. The fourth-order valence-electron chi connectivity index (χ4n) is 2.15. The summed E-state index contributed by atoms with van der Waals surface area (Å²) in [5.74, 6) is 0.0280. The topological polar surface area (TPSA) is 68.0 Å². The molecular weight excluding hydrogens is 194 g/mol. The molecule has 1 aliphatic carbocycles. The molecule has 0 atom stereocenters. The van der Waals surface area contributed by atoms with Gasteiger partial charge in [-0.1, -0.05) is 12.8 Å². The van der Waals surface area contributed by atoms with E-state index in [0.29, 0.717) is 12.5 Å². The van der Waals surface area contributed by atoms with Crippen LogP contribution < -0.4 is 0 Å². The smallest absolute Gasteiger partial charge is 0.303 e. The van der Waals surface area contributed by atoms with Crippen LogP contribution in [0.3, 0.4) is 0 Å². The Bertz CT molecular complexity index is 342. The summed E-state index contributed by atoms with van der Waals surface area (Å²) < 4.78 is 2.05. The molecule has 5 heteroatoms. The fourth-order valence-corrected chi connectivity index (χ4v) is 2.15. The number of aryl methyl sites for hydroxylation is 1. The molecule has 0 aromatic carbocycles. The van der Waals surface area contributed by atoms with E-state index in [4.69, 9.17) is 5.11 Å². The van der Waals surface area contributed by atoms with Gasteiger partial charge in [0, 0.05) is 12.5 Å². The van der Waals surface area contributed by atoms with E-state index in [1.54, 1.807) is 6.33 Å². The van der Waals surface area contributed by atoms with Crippen molar-refractivity contribution in [2.24, 2.45) is 0 Å². The van der Waals surface area contributed by atoms with E-state index < -0.39 is 5.97 Å². The number of aliphatic carboxylic acids is 1. The van der Waals surface area contributed by atoms with Crippen LogP contribution in [0.15, 0.2) is 6.33 Å². The lowest BCUT2D eigenvalue weighted by molar-refractivity contribution is -0.137. The van der Waals surface area contributed by atoms with E-state index >= 15 is 0 Å². The molecule has 82 valence electrons. The van der Waals surface area contributed by atoms with E-state index in [1.165, 1.54) is 12.8 Å². The number of rotatable bonds is 4. The Morgan fingerprint density at radius 2 is 2.27 bits per heavy atom. The molecule has 0 unspecified atom stereocenters. The molecule has 1 N–H and O–H groups in total. The van der Waals surface area contributed by atoms with Gasteiger partial charge in [-0.15, -0.1) is 10.2 Å². The van der Waals surface area contributed by atoms with Crippen molar-refractivity contribution >= 4 is 5.97 Å². The number of hydrogen-bond acceptors (Lipinski definition) is 3. The summed E-state index contributed by atoms with van der Waals surface area (Å²) in [6.07, 6.45) is 7.17. The Balaban J connectivity index is 2.04. The van der Waals surface area contributed by atoms with Crippen molar-refractivity contribution in [1.82, 2.24) is 14.8 Å². The summed E-state index contributed by atoms with van der Waals surface area (Å²) >= 11 is 0. The van der Waals surface area contributed by atoms with Gasteiger partial charge in [0.1, 0.15) is 12.2 Å². The highest BCUT2D eigenvalue weighted by atomic mass is 16.4. The third-order valence-electron chi connectivity index (χ3n) is 2.93. The second kappa shape index (κ2) is 4.42. The van der Waals surface area contributed by atoms with Gasteiger partial charge in [0.25, 0.3) is 0 Å². The molecule has 1 aromatic heterocycles. The minimum absolute atomic E-state index is 0.130. The number of carboxylic acid groups (broad SMARTS) is 1.